The van der Waals surface area contributed by atoms with Crippen LogP contribution in [0.4, 0.5) is 0 Å². The Morgan fingerprint density at radius 1 is 1.26 bits per heavy atom. The molecule has 1 aromatic rings. The van der Waals surface area contributed by atoms with Crippen LogP contribution < -0.4 is 5.32 Å². The van der Waals surface area contributed by atoms with Crippen molar-refractivity contribution in [2.75, 3.05) is 6.54 Å². The van der Waals surface area contributed by atoms with Gasteiger partial charge in [0.1, 0.15) is 0 Å². The fourth-order valence-electron chi connectivity index (χ4n) is 2.54. The fraction of sp³-hybridized carbons (Fsp3) is 0.533. The minimum atomic E-state index is 0.0120. The van der Waals surface area contributed by atoms with Gasteiger partial charge in [-0.05, 0) is 58.8 Å². The van der Waals surface area contributed by atoms with Gasteiger partial charge in [0, 0.05) is 15.5 Å². The number of nitrogens with one attached hydrogen (secondary N) is 1. The van der Waals surface area contributed by atoms with Crippen molar-refractivity contribution < 1.29 is 4.79 Å². The molecule has 104 valence electrons. The number of rotatable bonds is 3. The topological polar surface area (TPSA) is 29.1 Å². The lowest BCUT2D eigenvalue weighted by atomic mass is 9.83. The van der Waals surface area contributed by atoms with E-state index in [0.29, 0.717) is 11.5 Å². The Kier molecular flexibility index (Phi) is 5.46. The van der Waals surface area contributed by atoms with Crippen LogP contribution in [0.1, 0.15) is 43.0 Å². The Morgan fingerprint density at radius 2 is 1.95 bits per heavy atom. The number of amides is 1. The van der Waals surface area contributed by atoms with Gasteiger partial charge in [-0.2, -0.15) is 0 Å². The highest BCUT2D eigenvalue weighted by atomic mass is 79.9. The Bertz CT molecular complexity index is 453. The second-order valence-electron chi connectivity index (χ2n) is 5.46. The Hall–Kier alpha value is -0.350. The first-order valence-electron chi connectivity index (χ1n) is 6.79. The van der Waals surface area contributed by atoms with Crippen LogP contribution in [0.25, 0.3) is 0 Å². The molecule has 1 aromatic carbocycles. The van der Waals surface area contributed by atoms with E-state index in [9.17, 15) is 4.79 Å². The van der Waals surface area contributed by atoms with Gasteiger partial charge in [-0.3, -0.25) is 4.79 Å². The first-order chi connectivity index (χ1) is 9.06. The molecule has 0 unspecified atom stereocenters. The lowest BCUT2D eigenvalue weighted by Crippen LogP contribution is -2.31. The minimum absolute atomic E-state index is 0.0120. The Balaban J connectivity index is 1.87. The lowest BCUT2D eigenvalue weighted by Gasteiger charge is -2.26. The molecule has 1 N–H and O–H groups in total. The molecule has 19 heavy (non-hydrogen) atoms. The van der Waals surface area contributed by atoms with Gasteiger partial charge in [0.25, 0.3) is 5.91 Å². The number of hydrogen-bond donors (Lipinski definition) is 1. The van der Waals surface area contributed by atoms with E-state index in [0.717, 1.165) is 21.4 Å². The van der Waals surface area contributed by atoms with Crippen molar-refractivity contribution in [3.63, 3.8) is 0 Å². The van der Waals surface area contributed by atoms with Crippen molar-refractivity contribution >= 4 is 37.8 Å². The van der Waals surface area contributed by atoms with E-state index >= 15 is 0 Å². The van der Waals surface area contributed by atoms with Crippen molar-refractivity contribution in [1.82, 2.24) is 5.32 Å². The monoisotopic (exact) mass is 387 g/mol. The van der Waals surface area contributed by atoms with Crippen LogP contribution in [-0.4, -0.2) is 12.5 Å². The van der Waals surface area contributed by atoms with Crippen LogP contribution in [0.2, 0.25) is 0 Å². The Labute approximate surface area is 131 Å². The maximum atomic E-state index is 12.1. The third-order valence-corrected chi connectivity index (χ3v) is 5.01. The van der Waals surface area contributed by atoms with E-state index in [-0.39, 0.29) is 5.91 Å². The van der Waals surface area contributed by atoms with E-state index in [1.807, 2.05) is 18.2 Å². The molecule has 0 aliphatic heterocycles. The van der Waals surface area contributed by atoms with Crippen molar-refractivity contribution in [1.29, 1.82) is 0 Å². The summed E-state index contributed by atoms with van der Waals surface area (Å²) in [5.74, 6) is 1.51. The fourth-order valence-corrected chi connectivity index (χ4v) is 3.77. The van der Waals surface area contributed by atoms with Crippen LogP contribution >= 0.6 is 31.9 Å². The summed E-state index contributed by atoms with van der Waals surface area (Å²) in [5.41, 5.74) is 0.701. The summed E-state index contributed by atoms with van der Waals surface area (Å²) in [6.07, 6.45) is 5.07. The molecule has 4 heteroatoms. The molecule has 0 radical (unpaired) electrons. The second kappa shape index (κ2) is 6.89. The normalized spacial score (nSPS) is 23.1. The van der Waals surface area contributed by atoms with Gasteiger partial charge in [0.2, 0.25) is 0 Å². The smallest absolute Gasteiger partial charge is 0.252 e. The molecule has 0 heterocycles. The van der Waals surface area contributed by atoms with Gasteiger partial charge in [0.15, 0.2) is 0 Å². The lowest BCUT2D eigenvalue weighted by molar-refractivity contribution is 0.0941. The van der Waals surface area contributed by atoms with E-state index in [1.54, 1.807) is 0 Å². The van der Waals surface area contributed by atoms with E-state index < -0.39 is 0 Å². The van der Waals surface area contributed by atoms with Crippen molar-refractivity contribution in [2.45, 2.75) is 32.6 Å². The molecule has 1 aliphatic carbocycles. The average Bonchev–Trinajstić information content (AvgIpc) is 2.37. The molecule has 0 atom stereocenters. The quantitative estimate of drug-likeness (QED) is 0.793. The first kappa shape index (κ1) is 15.0. The predicted octanol–water partition coefficient (Wildman–Crippen LogP) is 4.77. The van der Waals surface area contributed by atoms with Crippen molar-refractivity contribution in [3.8, 4) is 0 Å². The number of carbonyl (C=O) groups is 1. The van der Waals surface area contributed by atoms with E-state index in [2.05, 4.69) is 44.1 Å². The molecule has 1 amide bonds. The average molecular weight is 389 g/mol. The van der Waals surface area contributed by atoms with Gasteiger partial charge >= 0.3 is 0 Å². The largest absolute Gasteiger partial charge is 0.352 e. The summed E-state index contributed by atoms with van der Waals surface area (Å²) in [7, 11) is 0. The van der Waals surface area contributed by atoms with Crippen LogP contribution in [-0.2, 0) is 0 Å². The zero-order valence-corrected chi connectivity index (χ0v) is 14.3. The molecule has 0 saturated heterocycles. The molecule has 0 spiro atoms. The summed E-state index contributed by atoms with van der Waals surface area (Å²) in [6.45, 7) is 3.11. The number of halogens is 2. The number of hydrogen-bond acceptors (Lipinski definition) is 1. The van der Waals surface area contributed by atoms with Gasteiger partial charge in [-0.1, -0.05) is 35.7 Å². The maximum absolute atomic E-state index is 12.1. The van der Waals surface area contributed by atoms with Gasteiger partial charge in [-0.15, -0.1) is 0 Å². The third kappa shape index (κ3) is 4.32. The van der Waals surface area contributed by atoms with Crippen molar-refractivity contribution in [3.05, 3.63) is 32.7 Å². The highest BCUT2D eigenvalue weighted by molar-refractivity contribution is 9.11. The summed E-state index contributed by atoms with van der Waals surface area (Å²) in [6, 6.07) is 5.63. The van der Waals surface area contributed by atoms with Gasteiger partial charge < -0.3 is 5.32 Å². The maximum Gasteiger partial charge on any atom is 0.252 e. The van der Waals surface area contributed by atoms with E-state index in [1.165, 1.54) is 25.7 Å². The van der Waals surface area contributed by atoms with Gasteiger partial charge in [-0.25, -0.2) is 0 Å². The third-order valence-electron chi connectivity index (χ3n) is 3.86. The summed E-state index contributed by atoms with van der Waals surface area (Å²) >= 11 is 6.82. The first-order valence-corrected chi connectivity index (χ1v) is 8.38. The molecular weight excluding hydrogens is 370 g/mol. The zero-order valence-electron chi connectivity index (χ0n) is 11.1. The molecule has 0 bridgehead atoms. The Morgan fingerprint density at radius 3 is 2.58 bits per heavy atom. The van der Waals surface area contributed by atoms with Crippen LogP contribution in [0.15, 0.2) is 27.1 Å². The molecule has 2 nitrogen and oxygen atoms in total. The highest BCUT2D eigenvalue weighted by Gasteiger charge is 2.19. The SMILES string of the molecule is CC1CCC(CNC(=O)c2ccc(Br)cc2Br)CC1. The molecule has 1 aliphatic rings. The number of benzene rings is 1. The van der Waals surface area contributed by atoms with Gasteiger partial charge in [0.05, 0.1) is 5.56 Å². The summed E-state index contributed by atoms with van der Waals surface area (Å²) < 4.78 is 1.80. The highest BCUT2D eigenvalue weighted by Crippen LogP contribution is 2.28. The molecule has 2 rings (SSSR count). The van der Waals surface area contributed by atoms with E-state index in [4.69, 9.17) is 0 Å². The van der Waals surface area contributed by atoms with Crippen molar-refractivity contribution in [2.24, 2.45) is 11.8 Å². The van der Waals surface area contributed by atoms with Crippen LogP contribution in [0, 0.1) is 11.8 Å². The number of carbonyl (C=O) groups excluding carboxylic acids is 1. The predicted molar refractivity (Wildman–Crippen MR) is 85.3 cm³/mol. The minimum Gasteiger partial charge on any atom is -0.352 e. The van der Waals surface area contributed by atoms with Crippen LogP contribution in [0.5, 0.6) is 0 Å². The second-order valence-corrected chi connectivity index (χ2v) is 7.23. The molecule has 1 saturated carbocycles. The van der Waals surface area contributed by atoms with Crippen LogP contribution in [0.3, 0.4) is 0 Å². The standard InChI is InChI=1S/C15H19Br2NO/c1-10-2-4-11(5-3-10)9-18-15(19)13-7-6-12(16)8-14(13)17/h6-8,10-11H,2-5,9H2,1H3,(H,18,19). The summed E-state index contributed by atoms with van der Waals surface area (Å²) in [5, 5.41) is 3.06. The summed E-state index contributed by atoms with van der Waals surface area (Å²) in [4.78, 5) is 12.1. The molecule has 1 fully saturated rings. The molecule has 0 aromatic heterocycles. The zero-order chi connectivity index (χ0) is 13.8. The molecular formula is C15H19Br2NO.